The molecule has 0 aromatic heterocycles. The number of methoxy groups -OCH3 is 1. The highest BCUT2D eigenvalue weighted by molar-refractivity contribution is 5.91. The number of amides is 2. The van der Waals surface area contributed by atoms with E-state index in [9.17, 15) is 22.8 Å². The molecule has 33 heavy (non-hydrogen) atoms. The van der Waals surface area contributed by atoms with E-state index < -0.39 is 17.3 Å². The molecule has 0 radical (unpaired) electrons. The van der Waals surface area contributed by atoms with E-state index in [2.05, 4.69) is 10.6 Å². The van der Waals surface area contributed by atoms with E-state index in [0.29, 0.717) is 31.6 Å². The van der Waals surface area contributed by atoms with E-state index >= 15 is 0 Å². The number of benzene rings is 2. The average molecular weight is 466 g/mol. The SMILES string of the molecule is COc1ccc(Oc2ccc(CNC(=O)C3(NC(C)=O)CCOCC3)cc2)c(C(F)(F)F)c1. The predicted octanol–water partition coefficient (Wildman–Crippen LogP) is 3.81. The molecule has 7 nitrogen and oxygen atoms in total. The summed E-state index contributed by atoms with van der Waals surface area (Å²) in [4.78, 5) is 24.4. The molecule has 2 amide bonds. The molecule has 1 fully saturated rings. The van der Waals surface area contributed by atoms with Crippen molar-refractivity contribution in [2.75, 3.05) is 20.3 Å². The molecule has 1 heterocycles. The summed E-state index contributed by atoms with van der Waals surface area (Å²) in [6, 6.07) is 9.78. The van der Waals surface area contributed by atoms with E-state index in [4.69, 9.17) is 14.2 Å². The van der Waals surface area contributed by atoms with Crippen molar-refractivity contribution in [3.05, 3.63) is 53.6 Å². The average Bonchev–Trinajstić information content (AvgIpc) is 2.78. The van der Waals surface area contributed by atoms with Crippen LogP contribution < -0.4 is 20.1 Å². The van der Waals surface area contributed by atoms with Crippen LogP contribution in [0.3, 0.4) is 0 Å². The zero-order chi connectivity index (χ0) is 24.1. The van der Waals surface area contributed by atoms with Crippen LogP contribution in [0.2, 0.25) is 0 Å². The second-order valence-corrected chi connectivity index (χ2v) is 7.66. The van der Waals surface area contributed by atoms with Crippen LogP contribution in [0.25, 0.3) is 0 Å². The number of alkyl halides is 3. The third kappa shape index (κ3) is 6.16. The molecule has 2 aromatic carbocycles. The summed E-state index contributed by atoms with van der Waals surface area (Å²) in [7, 11) is 1.29. The fraction of sp³-hybridized carbons (Fsp3) is 0.391. The second-order valence-electron chi connectivity index (χ2n) is 7.66. The zero-order valence-corrected chi connectivity index (χ0v) is 18.3. The molecule has 178 valence electrons. The minimum Gasteiger partial charge on any atom is -0.497 e. The number of ether oxygens (including phenoxy) is 3. The summed E-state index contributed by atoms with van der Waals surface area (Å²) in [6.45, 7) is 2.27. The van der Waals surface area contributed by atoms with Gasteiger partial charge in [0.15, 0.2) is 0 Å². The molecule has 0 aliphatic carbocycles. The van der Waals surface area contributed by atoms with Crippen molar-refractivity contribution in [3.63, 3.8) is 0 Å². The maximum Gasteiger partial charge on any atom is 0.420 e. The molecule has 1 aliphatic rings. The first-order chi connectivity index (χ1) is 15.6. The number of halogens is 3. The highest BCUT2D eigenvalue weighted by atomic mass is 19.4. The molecular formula is C23H25F3N2O5. The first-order valence-corrected chi connectivity index (χ1v) is 10.3. The van der Waals surface area contributed by atoms with Crippen molar-refractivity contribution in [2.45, 2.75) is 38.0 Å². The molecule has 1 aliphatic heterocycles. The molecule has 0 saturated carbocycles. The second kappa shape index (κ2) is 10.1. The van der Waals surface area contributed by atoms with Crippen LogP contribution in [0.5, 0.6) is 17.2 Å². The first-order valence-electron chi connectivity index (χ1n) is 10.3. The largest absolute Gasteiger partial charge is 0.497 e. The van der Waals surface area contributed by atoms with Crippen LogP contribution >= 0.6 is 0 Å². The molecule has 1 saturated heterocycles. The number of hydrogen-bond acceptors (Lipinski definition) is 5. The maximum atomic E-state index is 13.4. The number of rotatable bonds is 7. The highest BCUT2D eigenvalue weighted by Gasteiger charge is 2.40. The Kier molecular flexibility index (Phi) is 7.47. The fourth-order valence-corrected chi connectivity index (χ4v) is 3.57. The smallest absolute Gasteiger partial charge is 0.420 e. The van der Waals surface area contributed by atoms with Gasteiger partial charge in [0, 0.05) is 39.5 Å². The summed E-state index contributed by atoms with van der Waals surface area (Å²) in [6.07, 6.45) is -3.87. The van der Waals surface area contributed by atoms with Crippen LogP contribution in [0.1, 0.15) is 30.9 Å². The van der Waals surface area contributed by atoms with Gasteiger partial charge in [0.25, 0.3) is 0 Å². The van der Waals surface area contributed by atoms with Gasteiger partial charge in [-0.3, -0.25) is 9.59 Å². The molecule has 2 N–H and O–H groups in total. The zero-order valence-electron chi connectivity index (χ0n) is 18.3. The van der Waals surface area contributed by atoms with Gasteiger partial charge in [-0.25, -0.2) is 0 Å². The minimum atomic E-state index is -4.61. The fourth-order valence-electron chi connectivity index (χ4n) is 3.57. The molecule has 0 bridgehead atoms. The summed E-state index contributed by atoms with van der Waals surface area (Å²) in [5, 5.41) is 5.55. The van der Waals surface area contributed by atoms with Crippen molar-refractivity contribution in [3.8, 4) is 17.2 Å². The molecular weight excluding hydrogens is 441 g/mol. The Bertz CT molecular complexity index is 987. The van der Waals surface area contributed by atoms with Crippen LogP contribution in [0.15, 0.2) is 42.5 Å². The van der Waals surface area contributed by atoms with Gasteiger partial charge in [-0.1, -0.05) is 12.1 Å². The predicted molar refractivity (Wildman–Crippen MR) is 113 cm³/mol. The van der Waals surface area contributed by atoms with Gasteiger partial charge < -0.3 is 24.8 Å². The van der Waals surface area contributed by atoms with Crippen molar-refractivity contribution < 1.29 is 37.0 Å². The molecule has 10 heteroatoms. The van der Waals surface area contributed by atoms with E-state index in [1.807, 2.05) is 0 Å². The van der Waals surface area contributed by atoms with Crippen LogP contribution in [-0.4, -0.2) is 37.7 Å². The summed E-state index contributed by atoms with van der Waals surface area (Å²) < 4.78 is 55.7. The lowest BCUT2D eigenvalue weighted by atomic mass is 9.88. The quantitative estimate of drug-likeness (QED) is 0.648. The number of nitrogens with one attached hydrogen (secondary N) is 2. The van der Waals surface area contributed by atoms with E-state index in [1.165, 1.54) is 38.3 Å². The van der Waals surface area contributed by atoms with E-state index in [0.717, 1.165) is 6.07 Å². The summed E-state index contributed by atoms with van der Waals surface area (Å²) >= 11 is 0. The Morgan fingerprint density at radius 3 is 2.27 bits per heavy atom. The normalized spacial score (nSPS) is 15.4. The van der Waals surface area contributed by atoms with Crippen LogP contribution in [0.4, 0.5) is 13.2 Å². The third-order valence-corrected chi connectivity index (χ3v) is 5.29. The maximum absolute atomic E-state index is 13.4. The lowest BCUT2D eigenvalue weighted by molar-refractivity contribution is -0.138. The Morgan fingerprint density at radius 2 is 1.70 bits per heavy atom. The lowest BCUT2D eigenvalue weighted by Crippen LogP contribution is -2.60. The van der Waals surface area contributed by atoms with E-state index in [1.54, 1.807) is 12.1 Å². The lowest BCUT2D eigenvalue weighted by Gasteiger charge is -2.36. The van der Waals surface area contributed by atoms with Crippen molar-refractivity contribution >= 4 is 11.8 Å². The topological polar surface area (TPSA) is 85.9 Å². The molecule has 2 aromatic rings. The number of hydrogen-bond donors (Lipinski definition) is 2. The van der Waals surface area contributed by atoms with Gasteiger partial charge in [0.1, 0.15) is 28.4 Å². The Hall–Kier alpha value is -3.27. The van der Waals surface area contributed by atoms with Crippen molar-refractivity contribution in [2.24, 2.45) is 0 Å². The first kappa shape index (κ1) is 24.4. The molecule has 0 atom stereocenters. The van der Waals surface area contributed by atoms with Gasteiger partial charge in [0.05, 0.1) is 7.11 Å². The summed E-state index contributed by atoms with van der Waals surface area (Å²) in [5.74, 6) is -0.678. The minimum absolute atomic E-state index is 0.0716. The third-order valence-electron chi connectivity index (χ3n) is 5.29. The Morgan fingerprint density at radius 1 is 1.06 bits per heavy atom. The molecule has 0 spiro atoms. The summed E-state index contributed by atoms with van der Waals surface area (Å²) in [5.41, 5.74) is -1.25. The van der Waals surface area contributed by atoms with Gasteiger partial charge in [-0.15, -0.1) is 0 Å². The van der Waals surface area contributed by atoms with Gasteiger partial charge in [-0.2, -0.15) is 13.2 Å². The van der Waals surface area contributed by atoms with Crippen LogP contribution in [-0.2, 0) is 27.0 Å². The Labute approximate surface area is 189 Å². The van der Waals surface area contributed by atoms with Crippen LogP contribution in [0, 0.1) is 0 Å². The highest BCUT2D eigenvalue weighted by Crippen LogP contribution is 2.40. The van der Waals surface area contributed by atoms with Gasteiger partial charge in [-0.05, 0) is 35.9 Å². The number of carbonyl (C=O) groups is 2. The van der Waals surface area contributed by atoms with Crippen molar-refractivity contribution in [1.82, 2.24) is 10.6 Å². The van der Waals surface area contributed by atoms with Crippen molar-refractivity contribution in [1.29, 1.82) is 0 Å². The molecule has 3 rings (SSSR count). The number of carbonyl (C=O) groups excluding carboxylic acids is 2. The van der Waals surface area contributed by atoms with Gasteiger partial charge >= 0.3 is 6.18 Å². The molecule has 0 unspecified atom stereocenters. The monoisotopic (exact) mass is 466 g/mol. The van der Waals surface area contributed by atoms with Gasteiger partial charge in [0.2, 0.25) is 11.8 Å². The van der Waals surface area contributed by atoms with E-state index in [-0.39, 0.29) is 35.6 Å². The Balaban J connectivity index is 1.66. The standard InChI is InChI=1S/C23H25F3N2O5/c1-15(29)28-22(9-11-32-12-10-22)21(30)27-14-16-3-5-17(6-4-16)33-20-8-7-18(31-2)13-19(20)23(24,25)26/h3-8,13H,9-12,14H2,1-2H3,(H,27,30)(H,28,29).